The van der Waals surface area contributed by atoms with E-state index in [9.17, 15) is 36.9 Å². The van der Waals surface area contributed by atoms with Gasteiger partial charge in [0.05, 0.1) is 30.0 Å². The number of anilines is 2. The lowest BCUT2D eigenvalue weighted by atomic mass is 9.69. The second-order valence-corrected chi connectivity index (χ2v) is 17.4. The van der Waals surface area contributed by atoms with E-state index in [-0.39, 0.29) is 22.9 Å². The van der Waals surface area contributed by atoms with Gasteiger partial charge in [0.1, 0.15) is 24.4 Å². The van der Waals surface area contributed by atoms with Gasteiger partial charge in [0.25, 0.3) is 0 Å². The van der Waals surface area contributed by atoms with Crippen molar-refractivity contribution in [3.05, 3.63) is 89.5 Å². The molecule has 2 aliphatic heterocycles. The number of aliphatic hydroxyl groups is 3. The Bertz CT molecular complexity index is 2000. The van der Waals surface area contributed by atoms with Gasteiger partial charge in [-0.2, -0.15) is 8.42 Å². The third kappa shape index (κ3) is 10.0. The van der Waals surface area contributed by atoms with Gasteiger partial charge < -0.3 is 40.3 Å². The van der Waals surface area contributed by atoms with E-state index >= 15 is 0 Å². The third-order valence-corrected chi connectivity index (χ3v) is 12.9. The molecule has 0 bridgehead atoms. The number of nitrogens with one attached hydrogen (secondary N) is 2. The number of urea groups is 1. The van der Waals surface area contributed by atoms with Gasteiger partial charge in [-0.3, -0.25) is 4.55 Å². The summed E-state index contributed by atoms with van der Waals surface area (Å²) in [5.41, 5.74) is 1.78. The number of sulfone groups is 1. The van der Waals surface area contributed by atoms with E-state index in [0.717, 1.165) is 18.5 Å². The minimum atomic E-state index is -4.93. The highest BCUT2D eigenvalue weighted by atomic mass is 32.3. The standard InChI is InChI=1S/C38H51N3O12S2/c1-5-7-18-38(6-2)23-54(46,47)30-17-16-27(41(3)4)20-28(30)31(35(38)44)25-14-11-15-26(19-25)39-37(45)40-36-33(43)34(51-21-24-12-9-8-10-13-24)32(42)29(53-36)22-52-55(48,49)50/h8-17,19-20,29,31-36,42-44H,5-7,18,21-23H2,1-4H3,(H2,39,40,45)(H,48,49,50)/t29-,31-,32-,33-,34-,35-,36-,38-/m1/s1. The highest BCUT2D eigenvalue weighted by Crippen LogP contribution is 2.49. The monoisotopic (exact) mass is 805 g/mol. The number of benzene rings is 3. The molecule has 2 heterocycles. The van der Waals surface area contributed by atoms with E-state index in [1.165, 1.54) is 0 Å². The van der Waals surface area contributed by atoms with E-state index in [2.05, 4.69) is 14.8 Å². The van der Waals surface area contributed by atoms with Gasteiger partial charge in [-0.25, -0.2) is 17.4 Å². The second kappa shape index (κ2) is 17.7. The fraction of sp³-hybridized carbons (Fsp3) is 0.500. The van der Waals surface area contributed by atoms with Gasteiger partial charge >= 0.3 is 16.4 Å². The van der Waals surface area contributed by atoms with Gasteiger partial charge in [-0.05, 0) is 59.9 Å². The first-order valence-electron chi connectivity index (χ1n) is 18.2. The maximum Gasteiger partial charge on any atom is 0.397 e. The van der Waals surface area contributed by atoms with Crippen LogP contribution in [0.3, 0.4) is 0 Å². The summed E-state index contributed by atoms with van der Waals surface area (Å²) < 4.78 is 75.7. The summed E-state index contributed by atoms with van der Waals surface area (Å²) in [6, 6.07) is 19.8. The van der Waals surface area contributed by atoms with Crippen molar-refractivity contribution < 1.29 is 55.2 Å². The Kier molecular flexibility index (Phi) is 13.6. The van der Waals surface area contributed by atoms with Crippen LogP contribution in [0, 0.1) is 5.41 Å². The second-order valence-electron chi connectivity index (χ2n) is 14.4. The first kappa shape index (κ1) is 42.5. The predicted octanol–water partition coefficient (Wildman–Crippen LogP) is 3.59. The molecule has 5 rings (SSSR count). The number of ether oxygens (including phenoxy) is 2. The molecule has 302 valence electrons. The minimum Gasteiger partial charge on any atom is -0.392 e. The summed E-state index contributed by atoms with van der Waals surface area (Å²) in [6.45, 7) is 3.00. The first-order chi connectivity index (χ1) is 26.0. The molecular formula is C38H51N3O12S2. The predicted molar refractivity (Wildman–Crippen MR) is 205 cm³/mol. The summed E-state index contributed by atoms with van der Waals surface area (Å²) >= 11 is 0. The maximum atomic E-state index is 14.0. The topological polar surface area (TPSA) is 221 Å². The van der Waals surface area contributed by atoms with Crippen molar-refractivity contribution >= 4 is 37.6 Å². The Morgan fingerprint density at radius 2 is 1.73 bits per heavy atom. The van der Waals surface area contributed by atoms with Gasteiger partial charge in [0, 0.05) is 36.8 Å². The molecule has 55 heavy (non-hydrogen) atoms. The van der Waals surface area contributed by atoms with Crippen molar-refractivity contribution in [2.75, 3.05) is 36.7 Å². The molecule has 15 nitrogen and oxygen atoms in total. The van der Waals surface area contributed by atoms with Crippen molar-refractivity contribution in [3.63, 3.8) is 0 Å². The lowest BCUT2D eigenvalue weighted by molar-refractivity contribution is -0.246. The number of carbonyl (C=O) groups is 1. The Balaban J connectivity index is 1.43. The van der Waals surface area contributed by atoms with Crippen molar-refractivity contribution in [1.29, 1.82) is 0 Å². The molecule has 2 aliphatic rings. The summed E-state index contributed by atoms with van der Waals surface area (Å²) in [6.07, 6.45) is -6.32. The average molecular weight is 806 g/mol. The summed E-state index contributed by atoms with van der Waals surface area (Å²) in [5, 5.41) is 39.7. The highest BCUT2D eigenvalue weighted by Gasteiger charge is 2.49. The smallest absolute Gasteiger partial charge is 0.392 e. The van der Waals surface area contributed by atoms with Gasteiger partial charge in [-0.1, -0.05) is 69.2 Å². The average Bonchev–Trinajstić information content (AvgIpc) is 3.21. The number of amides is 2. The molecule has 0 radical (unpaired) electrons. The lowest BCUT2D eigenvalue weighted by Crippen LogP contribution is -2.64. The number of hydrogen-bond acceptors (Lipinski definition) is 12. The molecule has 6 N–H and O–H groups in total. The Morgan fingerprint density at radius 3 is 2.38 bits per heavy atom. The zero-order valence-electron chi connectivity index (χ0n) is 31.2. The zero-order chi connectivity index (χ0) is 40.1. The summed E-state index contributed by atoms with van der Waals surface area (Å²) in [4.78, 5) is 15.5. The molecule has 0 spiro atoms. The van der Waals surface area contributed by atoms with Crippen LogP contribution < -0.4 is 15.5 Å². The fourth-order valence-electron chi connectivity index (χ4n) is 7.42. The van der Waals surface area contributed by atoms with Crippen LogP contribution >= 0.6 is 0 Å². The molecule has 1 fully saturated rings. The molecule has 0 saturated carbocycles. The van der Waals surface area contributed by atoms with Crippen LogP contribution in [-0.4, -0.2) is 106 Å². The molecule has 17 heteroatoms. The van der Waals surface area contributed by atoms with Gasteiger partial charge in [0.15, 0.2) is 16.1 Å². The van der Waals surface area contributed by atoms with Gasteiger partial charge in [0.2, 0.25) is 0 Å². The van der Waals surface area contributed by atoms with Crippen LogP contribution in [0.5, 0.6) is 0 Å². The minimum absolute atomic E-state index is 0.0531. The SMILES string of the molecule is CCCC[C@]1(CC)CS(=O)(=O)c2ccc(N(C)C)cc2[C@@H](c2cccc(NC(=O)N[C@@H]3O[C@H](COS(=O)(=O)O)[C@@H](O)[C@@H](OCc4ccccc4)[C@H]3O)c2)[C@H]1O. The first-order valence-corrected chi connectivity index (χ1v) is 21.2. The number of carbonyl (C=O) groups excluding carboxylic acids is 1. The number of aliphatic hydroxyl groups excluding tert-OH is 3. The van der Waals surface area contributed by atoms with Crippen molar-refractivity contribution in [3.8, 4) is 0 Å². The summed E-state index contributed by atoms with van der Waals surface area (Å²) in [5.74, 6) is -1.00. The quantitative estimate of drug-likeness (QED) is 0.129. The molecule has 0 unspecified atom stereocenters. The zero-order valence-corrected chi connectivity index (χ0v) is 32.9. The fourth-order valence-corrected chi connectivity index (χ4v) is 9.98. The largest absolute Gasteiger partial charge is 0.397 e. The number of fused-ring (bicyclic) bond motifs is 1. The van der Waals surface area contributed by atoms with Crippen molar-refractivity contribution in [1.82, 2.24) is 5.32 Å². The molecule has 0 aliphatic carbocycles. The van der Waals surface area contributed by atoms with E-state index < -0.39 is 81.0 Å². The molecule has 1 saturated heterocycles. The van der Waals surface area contributed by atoms with Crippen LogP contribution in [0.25, 0.3) is 0 Å². The number of hydrogen-bond donors (Lipinski definition) is 6. The van der Waals surface area contributed by atoms with E-state index in [4.69, 9.17) is 14.0 Å². The van der Waals surface area contributed by atoms with Gasteiger partial charge in [-0.15, -0.1) is 0 Å². The Morgan fingerprint density at radius 1 is 1.00 bits per heavy atom. The Hall–Kier alpha value is -3.65. The lowest BCUT2D eigenvalue weighted by Gasteiger charge is -2.42. The number of rotatable bonds is 14. The highest BCUT2D eigenvalue weighted by molar-refractivity contribution is 7.91. The van der Waals surface area contributed by atoms with Crippen molar-refractivity contribution in [2.24, 2.45) is 5.41 Å². The summed E-state index contributed by atoms with van der Waals surface area (Å²) in [7, 11) is -5.07. The molecule has 2 amide bonds. The van der Waals surface area contributed by atoms with Crippen molar-refractivity contribution in [2.45, 2.75) is 93.7 Å². The molecule has 3 aromatic rings. The van der Waals surface area contributed by atoms with Crippen LogP contribution in [0.4, 0.5) is 16.2 Å². The van der Waals surface area contributed by atoms with Crippen LogP contribution in [0.15, 0.2) is 77.7 Å². The third-order valence-electron chi connectivity index (χ3n) is 10.5. The van der Waals surface area contributed by atoms with Crippen LogP contribution in [0.1, 0.15) is 62.1 Å². The maximum absolute atomic E-state index is 14.0. The normalized spacial score (nSPS) is 27.7. The molecule has 0 aromatic heterocycles. The molecule has 8 atom stereocenters. The van der Waals surface area contributed by atoms with Crippen LogP contribution in [0.2, 0.25) is 0 Å². The van der Waals surface area contributed by atoms with E-state index in [0.29, 0.717) is 29.5 Å². The molecule has 3 aromatic carbocycles. The van der Waals surface area contributed by atoms with E-state index in [1.54, 1.807) is 72.8 Å². The number of unbranched alkanes of at least 4 members (excludes halogenated alkanes) is 1. The van der Waals surface area contributed by atoms with Crippen LogP contribution in [-0.2, 0) is 40.5 Å². The number of nitrogens with zero attached hydrogens (tertiary/aromatic N) is 1. The molecular weight excluding hydrogens is 755 g/mol. The Labute approximate surface area is 322 Å². The van der Waals surface area contributed by atoms with E-state index in [1.807, 2.05) is 32.8 Å².